The van der Waals surface area contributed by atoms with Crippen LogP contribution in [0.25, 0.3) is 0 Å². The molecule has 3 nitrogen and oxygen atoms in total. The van der Waals surface area contributed by atoms with Crippen molar-refractivity contribution in [3.05, 3.63) is 58.7 Å². The van der Waals surface area contributed by atoms with Crippen LogP contribution < -0.4 is 10.6 Å². The summed E-state index contributed by atoms with van der Waals surface area (Å²) in [4.78, 5) is 12.4. The molecule has 3 rings (SSSR count). The van der Waals surface area contributed by atoms with Gasteiger partial charge < -0.3 is 10.6 Å². The molecular weight excluding hydrogens is 284 g/mol. The molecule has 1 aliphatic rings. The molecule has 0 saturated heterocycles. The van der Waals surface area contributed by atoms with Crippen LogP contribution in [0.4, 0.5) is 11.4 Å². The Morgan fingerprint density at radius 3 is 2.61 bits per heavy atom. The zero-order valence-corrected chi connectivity index (χ0v) is 14.3. The lowest BCUT2D eigenvalue weighted by Crippen LogP contribution is -2.28. The first-order valence-electron chi connectivity index (χ1n) is 8.14. The van der Waals surface area contributed by atoms with E-state index in [4.69, 9.17) is 0 Å². The van der Waals surface area contributed by atoms with Crippen molar-refractivity contribution in [1.29, 1.82) is 0 Å². The van der Waals surface area contributed by atoms with Crippen molar-refractivity contribution in [3.63, 3.8) is 0 Å². The second kappa shape index (κ2) is 5.73. The lowest BCUT2D eigenvalue weighted by Gasteiger charge is -2.33. The van der Waals surface area contributed by atoms with E-state index in [-0.39, 0.29) is 11.3 Å². The van der Waals surface area contributed by atoms with Gasteiger partial charge in [0.05, 0.1) is 0 Å². The predicted molar refractivity (Wildman–Crippen MR) is 96.4 cm³/mol. The van der Waals surface area contributed by atoms with Gasteiger partial charge in [-0.3, -0.25) is 4.79 Å². The third-order valence-corrected chi connectivity index (χ3v) is 4.84. The van der Waals surface area contributed by atoms with Gasteiger partial charge in [0.2, 0.25) is 0 Å². The third kappa shape index (κ3) is 3.09. The molecule has 0 bridgehead atoms. The number of hydrogen-bond acceptors (Lipinski definition) is 2. The predicted octanol–water partition coefficient (Wildman–Crippen LogP) is 4.65. The zero-order chi connectivity index (χ0) is 16.6. The van der Waals surface area contributed by atoms with Crippen molar-refractivity contribution in [2.24, 2.45) is 0 Å². The second-order valence-corrected chi connectivity index (χ2v) is 7.07. The molecule has 0 fully saturated rings. The highest BCUT2D eigenvalue weighted by Crippen LogP contribution is 2.37. The normalized spacial score (nSPS) is 15.5. The number of anilines is 2. The molecule has 1 amide bonds. The van der Waals surface area contributed by atoms with E-state index in [1.807, 2.05) is 44.2 Å². The average Bonchev–Trinajstić information content (AvgIpc) is 2.49. The fourth-order valence-corrected chi connectivity index (χ4v) is 3.09. The number of fused-ring (bicyclic) bond motifs is 1. The van der Waals surface area contributed by atoms with Crippen LogP contribution in [0.1, 0.15) is 47.3 Å². The van der Waals surface area contributed by atoms with E-state index >= 15 is 0 Å². The molecule has 1 aliphatic heterocycles. The van der Waals surface area contributed by atoms with Crippen LogP contribution in [0.2, 0.25) is 0 Å². The second-order valence-electron chi connectivity index (χ2n) is 7.07. The van der Waals surface area contributed by atoms with Crippen LogP contribution >= 0.6 is 0 Å². The van der Waals surface area contributed by atoms with E-state index in [2.05, 4.69) is 30.5 Å². The number of amides is 1. The topological polar surface area (TPSA) is 41.1 Å². The van der Waals surface area contributed by atoms with E-state index in [1.165, 1.54) is 11.1 Å². The Morgan fingerprint density at radius 1 is 1.09 bits per heavy atom. The molecule has 0 radical (unpaired) electrons. The van der Waals surface area contributed by atoms with Crippen LogP contribution in [0, 0.1) is 13.8 Å². The Morgan fingerprint density at radius 2 is 1.87 bits per heavy atom. The van der Waals surface area contributed by atoms with Crippen LogP contribution in [0.3, 0.4) is 0 Å². The smallest absolute Gasteiger partial charge is 0.255 e. The van der Waals surface area contributed by atoms with Gasteiger partial charge in [-0.05, 0) is 66.6 Å². The van der Waals surface area contributed by atoms with Crippen molar-refractivity contribution >= 4 is 17.3 Å². The molecular formula is C20H24N2O. The van der Waals surface area contributed by atoms with Gasteiger partial charge in [-0.1, -0.05) is 26.0 Å². The number of carbonyl (C=O) groups excluding carboxylic acids is 1. The zero-order valence-electron chi connectivity index (χ0n) is 14.3. The third-order valence-electron chi connectivity index (χ3n) is 4.84. The van der Waals surface area contributed by atoms with E-state index < -0.39 is 0 Å². The molecule has 0 saturated carbocycles. The Kier molecular flexibility index (Phi) is 3.88. The van der Waals surface area contributed by atoms with Crippen LogP contribution in [-0.4, -0.2) is 12.5 Å². The summed E-state index contributed by atoms with van der Waals surface area (Å²) in [5, 5.41) is 6.44. The van der Waals surface area contributed by atoms with Crippen LogP contribution in [0.15, 0.2) is 36.4 Å². The minimum absolute atomic E-state index is 0.0666. The highest BCUT2D eigenvalue weighted by atomic mass is 16.1. The van der Waals surface area contributed by atoms with Gasteiger partial charge in [0.25, 0.3) is 5.91 Å². The van der Waals surface area contributed by atoms with Crippen molar-refractivity contribution in [3.8, 4) is 0 Å². The standard InChI is InChI=1S/C20H24N2O/c1-13-5-6-15(11-14(13)2)19(23)22-16-7-8-17-18(12-16)21-10-9-20(17,3)4/h5-8,11-12,21H,9-10H2,1-4H3,(H,22,23). The van der Waals surface area contributed by atoms with Crippen molar-refractivity contribution in [2.45, 2.75) is 39.5 Å². The van der Waals surface area contributed by atoms with Crippen LogP contribution in [-0.2, 0) is 5.41 Å². The maximum atomic E-state index is 12.4. The number of carbonyl (C=O) groups is 1. The summed E-state index contributed by atoms with van der Waals surface area (Å²) in [6.07, 6.45) is 1.12. The molecule has 0 aromatic heterocycles. The Hall–Kier alpha value is -2.29. The summed E-state index contributed by atoms with van der Waals surface area (Å²) < 4.78 is 0. The largest absolute Gasteiger partial charge is 0.385 e. The van der Waals surface area contributed by atoms with Crippen molar-refractivity contribution < 1.29 is 4.79 Å². The highest BCUT2D eigenvalue weighted by Gasteiger charge is 2.27. The lowest BCUT2D eigenvalue weighted by molar-refractivity contribution is 0.102. The average molecular weight is 308 g/mol. The number of aryl methyl sites for hydroxylation is 2. The number of hydrogen-bond donors (Lipinski definition) is 2. The summed E-state index contributed by atoms with van der Waals surface area (Å²) in [6, 6.07) is 11.9. The van der Waals surface area contributed by atoms with Crippen LogP contribution in [0.5, 0.6) is 0 Å². The van der Waals surface area contributed by atoms with Gasteiger partial charge in [-0.25, -0.2) is 0 Å². The van der Waals surface area contributed by atoms with Gasteiger partial charge in [0.15, 0.2) is 0 Å². The van der Waals surface area contributed by atoms with Crippen molar-refractivity contribution in [2.75, 3.05) is 17.2 Å². The SMILES string of the molecule is Cc1ccc(C(=O)Nc2ccc3c(c2)NCCC3(C)C)cc1C. The minimum Gasteiger partial charge on any atom is -0.385 e. The summed E-state index contributed by atoms with van der Waals surface area (Å²) in [6.45, 7) is 9.57. The molecule has 0 atom stereocenters. The van der Waals surface area contributed by atoms with Gasteiger partial charge in [-0.15, -0.1) is 0 Å². The Balaban J connectivity index is 1.83. The molecule has 0 aliphatic carbocycles. The maximum absolute atomic E-state index is 12.4. The van der Waals surface area contributed by atoms with E-state index in [0.717, 1.165) is 29.9 Å². The first-order chi connectivity index (χ1) is 10.9. The first kappa shape index (κ1) is 15.6. The molecule has 2 aromatic rings. The molecule has 2 N–H and O–H groups in total. The van der Waals surface area contributed by atoms with E-state index in [0.29, 0.717) is 5.56 Å². The molecule has 0 spiro atoms. The fraction of sp³-hybridized carbons (Fsp3) is 0.350. The summed E-state index contributed by atoms with van der Waals surface area (Å²) in [5.41, 5.74) is 6.47. The highest BCUT2D eigenvalue weighted by molar-refractivity contribution is 6.04. The fourth-order valence-electron chi connectivity index (χ4n) is 3.09. The monoisotopic (exact) mass is 308 g/mol. The van der Waals surface area contributed by atoms with Crippen molar-refractivity contribution in [1.82, 2.24) is 0 Å². The number of nitrogens with one attached hydrogen (secondary N) is 2. The molecule has 2 aromatic carbocycles. The quantitative estimate of drug-likeness (QED) is 0.848. The lowest BCUT2D eigenvalue weighted by atomic mass is 9.78. The minimum atomic E-state index is -0.0666. The molecule has 23 heavy (non-hydrogen) atoms. The van der Waals surface area contributed by atoms with E-state index in [1.54, 1.807) is 0 Å². The Labute approximate surface area is 138 Å². The van der Waals surface area contributed by atoms with Gasteiger partial charge in [-0.2, -0.15) is 0 Å². The van der Waals surface area contributed by atoms with E-state index in [9.17, 15) is 4.79 Å². The molecule has 1 heterocycles. The maximum Gasteiger partial charge on any atom is 0.255 e. The summed E-state index contributed by atoms with van der Waals surface area (Å²) in [7, 11) is 0. The molecule has 3 heteroatoms. The molecule has 0 unspecified atom stereocenters. The summed E-state index contributed by atoms with van der Waals surface area (Å²) in [5.74, 6) is -0.0666. The first-order valence-corrected chi connectivity index (χ1v) is 8.14. The Bertz CT molecular complexity index is 762. The number of benzene rings is 2. The summed E-state index contributed by atoms with van der Waals surface area (Å²) >= 11 is 0. The van der Waals surface area contributed by atoms with Gasteiger partial charge in [0, 0.05) is 23.5 Å². The van der Waals surface area contributed by atoms with Gasteiger partial charge in [0.1, 0.15) is 0 Å². The number of rotatable bonds is 2. The molecule has 120 valence electrons. The van der Waals surface area contributed by atoms with Gasteiger partial charge >= 0.3 is 0 Å².